The third-order valence-electron chi connectivity index (χ3n) is 4.48. The van der Waals surface area contributed by atoms with Gasteiger partial charge in [-0.25, -0.2) is 13.1 Å². The number of thiophene rings is 1. The molecule has 0 aliphatic carbocycles. The fourth-order valence-electron chi connectivity index (χ4n) is 3.11. The minimum Gasteiger partial charge on any atom is -0.454 e. The molecule has 3 heterocycles. The Bertz CT molecular complexity index is 903. The van der Waals surface area contributed by atoms with Crippen LogP contribution in [0.2, 0.25) is 0 Å². The van der Waals surface area contributed by atoms with Crippen LogP contribution < -0.4 is 14.2 Å². The minimum absolute atomic E-state index is 0.0807. The van der Waals surface area contributed by atoms with Crippen LogP contribution in [0.15, 0.2) is 39.9 Å². The van der Waals surface area contributed by atoms with E-state index in [0.29, 0.717) is 47.2 Å². The summed E-state index contributed by atoms with van der Waals surface area (Å²) in [6.45, 7) is 1.18. The molecule has 0 saturated carbocycles. The second-order valence-electron chi connectivity index (χ2n) is 6.19. The molecule has 1 aromatic carbocycles. The predicted molar refractivity (Wildman–Crippen MR) is 96.1 cm³/mol. The Morgan fingerprint density at radius 1 is 1.15 bits per heavy atom. The molecule has 138 valence electrons. The van der Waals surface area contributed by atoms with Gasteiger partial charge in [-0.2, -0.15) is 0 Å². The van der Waals surface area contributed by atoms with Crippen molar-refractivity contribution in [2.75, 3.05) is 19.9 Å². The monoisotopic (exact) mass is 394 g/mol. The number of piperidine rings is 1. The van der Waals surface area contributed by atoms with Gasteiger partial charge in [-0.05, 0) is 42.5 Å². The molecule has 2 aliphatic heterocycles. The Kier molecular flexibility index (Phi) is 4.60. The van der Waals surface area contributed by atoms with Crippen LogP contribution in [0.4, 0.5) is 0 Å². The van der Waals surface area contributed by atoms with Crippen molar-refractivity contribution in [3.63, 3.8) is 0 Å². The lowest BCUT2D eigenvalue weighted by Crippen LogP contribution is -2.46. The first-order chi connectivity index (χ1) is 12.5. The minimum atomic E-state index is -3.48. The van der Waals surface area contributed by atoms with Crippen molar-refractivity contribution < 1.29 is 22.7 Å². The lowest BCUT2D eigenvalue weighted by Gasteiger charge is -2.32. The van der Waals surface area contributed by atoms with Crippen molar-refractivity contribution in [1.29, 1.82) is 0 Å². The fraction of sp³-hybridized carbons (Fsp3) is 0.353. The summed E-state index contributed by atoms with van der Waals surface area (Å²) in [4.78, 5) is 14.4. The van der Waals surface area contributed by atoms with Crippen molar-refractivity contribution in [2.24, 2.45) is 0 Å². The summed E-state index contributed by atoms with van der Waals surface area (Å²) in [7, 11) is -3.48. The van der Waals surface area contributed by atoms with Crippen LogP contribution >= 0.6 is 11.3 Å². The van der Waals surface area contributed by atoms with E-state index < -0.39 is 10.0 Å². The SMILES string of the molecule is O=C(c1ccc2c(c1)OCO2)N1CCC(NS(=O)(=O)c2cccs2)CC1. The number of carbonyl (C=O) groups excluding carboxylic acids is 1. The Labute approximate surface area is 155 Å². The van der Waals surface area contributed by atoms with Gasteiger partial charge in [0.1, 0.15) is 4.21 Å². The molecule has 1 amide bonds. The third-order valence-corrected chi connectivity index (χ3v) is 7.40. The largest absolute Gasteiger partial charge is 0.454 e. The number of rotatable bonds is 4. The molecule has 0 atom stereocenters. The number of benzene rings is 1. The molecule has 0 bridgehead atoms. The van der Waals surface area contributed by atoms with Crippen molar-refractivity contribution >= 4 is 27.3 Å². The second kappa shape index (κ2) is 6.90. The molecule has 2 aliphatic rings. The number of hydrogen-bond donors (Lipinski definition) is 1. The van der Waals surface area contributed by atoms with E-state index in [4.69, 9.17) is 9.47 Å². The Morgan fingerprint density at radius 2 is 1.92 bits per heavy atom. The van der Waals surface area contributed by atoms with Gasteiger partial charge in [-0.1, -0.05) is 6.07 Å². The summed E-state index contributed by atoms with van der Waals surface area (Å²) in [6, 6.07) is 8.29. The normalized spacial score (nSPS) is 17.5. The number of likely N-dealkylation sites (tertiary alicyclic amines) is 1. The summed E-state index contributed by atoms with van der Waals surface area (Å²) in [5.41, 5.74) is 0.548. The molecule has 7 nitrogen and oxygen atoms in total. The average Bonchev–Trinajstić information content (AvgIpc) is 3.33. The van der Waals surface area contributed by atoms with Gasteiger partial charge >= 0.3 is 0 Å². The smallest absolute Gasteiger partial charge is 0.253 e. The molecule has 1 fully saturated rings. The first-order valence-electron chi connectivity index (χ1n) is 8.28. The number of amides is 1. The van der Waals surface area contributed by atoms with Crippen molar-refractivity contribution in [3.8, 4) is 11.5 Å². The molecular formula is C17H18N2O5S2. The first-order valence-corrected chi connectivity index (χ1v) is 10.6. The second-order valence-corrected chi connectivity index (χ2v) is 9.08. The Morgan fingerprint density at radius 3 is 2.65 bits per heavy atom. The number of sulfonamides is 1. The van der Waals surface area contributed by atoms with Gasteiger partial charge in [-0.15, -0.1) is 11.3 Å². The number of fused-ring (bicyclic) bond motifs is 1. The number of nitrogens with zero attached hydrogens (tertiary/aromatic N) is 1. The molecular weight excluding hydrogens is 376 g/mol. The number of ether oxygens (including phenoxy) is 2. The zero-order valence-electron chi connectivity index (χ0n) is 13.9. The zero-order chi connectivity index (χ0) is 18.1. The Balaban J connectivity index is 1.37. The van der Waals surface area contributed by atoms with Gasteiger partial charge in [-0.3, -0.25) is 4.79 Å². The van der Waals surface area contributed by atoms with E-state index in [9.17, 15) is 13.2 Å². The highest BCUT2D eigenvalue weighted by molar-refractivity contribution is 7.91. The van der Waals surface area contributed by atoms with E-state index in [-0.39, 0.29) is 18.7 Å². The fourth-order valence-corrected chi connectivity index (χ4v) is 5.42. The van der Waals surface area contributed by atoms with E-state index >= 15 is 0 Å². The van der Waals surface area contributed by atoms with E-state index in [1.54, 1.807) is 40.6 Å². The van der Waals surface area contributed by atoms with E-state index in [1.807, 2.05) is 0 Å². The van der Waals surface area contributed by atoms with E-state index in [2.05, 4.69) is 4.72 Å². The highest BCUT2D eigenvalue weighted by atomic mass is 32.2. The Hall–Kier alpha value is -2.10. The standard InChI is InChI=1S/C17H18N2O5S2/c20-17(12-3-4-14-15(10-12)24-11-23-14)19-7-5-13(6-8-19)18-26(21,22)16-2-1-9-25-16/h1-4,9-10,13,18H,5-8,11H2. The van der Waals surface area contributed by atoms with Crippen LogP contribution in [-0.4, -0.2) is 45.1 Å². The third kappa shape index (κ3) is 3.42. The molecule has 0 unspecified atom stereocenters. The van der Waals surface area contributed by atoms with Crippen LogP contribution in [0.25, 0.3) is 0 Å². The van der Waals surface area contributed by atoms with Crippen molar-refractivity contribution in [1.82, 2.24) is 9.62 Å². The van der Waals surface area contributed by atoms with Crippen molar-refractivity contribution in [3.05, 3.63) is 41.3 Å². The highest BCUT2D eigenvalue weighted by Gasteiger charge is 2.28. The number of nitrogens with one attached hydrogen (secondary N) is 1. The summed E-state index contributed by atoms with van der Waals surface area (Å²) < 4.78 is 38.2. The number of carbonyl (C=O) groups is 1. The van der Waals surface area contributed by atoms with Crippen LogP contribution in [-0.2, 0) is 10.0 Å². The number of hydrogen-bond acceptors (Lipinski definition) is 6. The van der Waals surface area contributed by atoms with Gasteiger partial charge in [0, 0.05) is 24.7 Å². The molecule has 26 heavy (non-hydrogen) atoms. The summed E-state index contributed by atoms with van der Waals surface area (Å²) in [5.74, 6) is 1.14. The van der Waals surface area contributed by atoms with Crippen LogP contribution in [0.3, 0.4) is 0 Å². The quantitative estimate of drug-likeness (QED) is 0.858. The van der Waals surface area contributed by atoms with Crippen LogP contribution in [0, 0.1) is 0 Å². The zero-order valence-corrected chi connectivity index (χ0v) is 15.5. The van der Waals surface area contributed by atoms with Crippen molar-refractivity contribution in [2.45, 2.75) is 23.1 Å². The van der Waals surface area contributed by atoms with Gasteiger partial charge in [0.05, 0.1) is 0 Å². The summed E-state index contributed by atoms with van der Waals surface area (Å²) in [6.07, 6.45) is 1.17. The summed E-state index contributed by atoms with van der Waals surface area (Å²) in [5, 5.41) is 1.74. The molecule has 0 spiro atoms. The lowest BCUT2D eigenvalue weighted by molar-refractivity contribution is 0.0711. The van der Waals surface area contributed by atoms with Gasteiger partial charge in [0.25, 0.3) is 5.91 Å². The molecule has 1 aromatic heterocycles. The highest BCUT2D eigenvalue weighted by Crippen LogP contribution is 2.33. The molecule has 0 radical (unpaired) electrons. The maximum atomic E-state index is 12.7. The summed E-state index contributed by atoms with van der Waals surface area (Å²) >= 11 is 1.19. The average molecular weight is 394 g/mol. The van der Waals surface area contributed by atoms with Gasteiger partial charge in [0.15, 0.2) is 11.5 Å². The van der Waals surface area contributed by atoms with Gasteiger partial charge < -0.3 is 14.4 Å². The van der Waals surface area contributed by atoms with E-state index in [1.165, 1.54) is 11.3 Å². The molecule has 2 aromatic rings. The maximum Gasteiger partial charge on any atom is 0.253 e. The topological polar surface area (TPSA) is 84.9 Å². The predicted octanol–water partition coefficient (Wildman–Crippen LogP) is 2.06. The van der Waals surface area contributed by atoms with Crippen LogP contribution in [0.5, 0.6) is 11.5 Å². The first kappa shape index (κ1) is 17.3. The molecule has 1 N–H and O–H groups in total. The molecule has 9 heteroatoms. The van der Waals surface area contributed by atoms with Crippen LogP contribution in [0.1, 0.15) is 23.2 Å². The maximum absolute atomic E-state index is 12.7. The molecule has 4 rings (SSSR count). The van der Waals surface area contributed by atoms with Gasteiger partial charge in [0.2, 0.25) is 16.8 Å². The lowest BCUT2D eigenvalue weighted by atomic mass is 10.0. The van der Waals surface area contributed by atoms with E-state index in [0.717, 1.165) is 0 Å². The molecule has 1 saturated heterocycles.